The summed E-state index contributed by atoms with van der Waals surface area (Å²) in [6, 6.07) is 8.02. The highest BCUT2D eigenvalue weighted by Crippen LogP contribution is 2.42. The third-order valence-corrected chi connectivity index (χ3v) is 3.61. The average molecular weight is 287 g/mol. The molecule has 1 aliphatic rings. The maximum Gasteiger partial charge on any atom is 0.165 e. The van der Waals surface area contributed by atoms with E-state index in [1.807, 2.05) is 25.2 Å². The number of rotatable bonds is 5. The third kappa shape index (κ3) is 2.90. The standard InChI is InChI=1S/C17H21NO3/c1-17(2)9-12-5-4-6-14(16(12)21-17)20-11-13-7-8-19-15(13)10-18-3/h4-8,18H,9-11H2,1-3H3. The summed E-state index contributed by atoms with van der Waals surface area (Å²) in [5, 5.41) is 3.09. The fraction of sp³-hybridized carbons (Fsp3) is 0.412. The molecule has 1 aromatic carbocycles. The summed E-state index contributed by atoms with van der Waals surface area (Å²) in [7, 11) is 1.90. The number of hydrogen-bond acceptors (Lipinski definition) is 4. The molecule has 0 radical (unpaired) electrons. The summed E-state index contributed by atoms with van der Waals surface area (Å²) >= 11 is 0. The van der Waals surface area contributed by atoms with Crippen molar-refractivity contribution in [1.29, 1.82) is 0 Å². The summed E-state index contributed by atoms with van der Waals surface area (Å²) in [6.45, 7) is 5.37. The van der Waals surface area contributed by atoms with Crippen molar-refractivity contribution in [2.75, 3.05) is 7.05 Å². The van der Waals surface area contributed by atoms with Crippen molar-refractivity contribution in [2.45, 2.75) is 39.0 Å². The van der Waals surface area contributed by atoms with E-state index in [0.717, 1.165) is 29.2 Å². The zero-order valence-corrected chi connectivity index (χ0v) is 12.7. The summed E-state index contributed by atoms with van der Waals surface area (Å²) in [5.41, 5.74) is 2.11. The lowest BCUT2D eigenvalue weighted by Gasteiger charge is -2.18. The Balaban J connectivity index is 1.75. The van der Waals surface area contributed by atoms with Gasteiger partial charge in [0.15, 0.2) is 11.5 Å². The number of furan rings is 1. The first-order valence-corrected chi connectivity index (χ1v) is 7.22. The number of hydrogen-bond donors (Lipinski definition) is 1. The number of fused-ring (bicyclic) bond motifs is 1. The summed E-state index contributed by atoms with van der Waals surface area (Å²) in [5.74, 6) is 2.59. The number of benzene rings is 1. The molecule has 2 aromatic rings. The lowest BCUT2D eigenvalue weighted by Crippen LogP contribution is -2.24. The third-order valence-electron chi connectivity index (χ3n) is 3.61. The van der Waals surface area contributed by atoms with Crippen LogP contribution in [-0.4, -0.2) is 12.6 Å². The minimum atomic E-state index is -0.158. The van der Waals surface area contributed by atoms with Gasteiger partial charge in [0.05, 0.1) is 12.8 Å². The zero-order chi connectivity index (χ0) is 14.9. The molecule has 4 heteroatoms. The van der Waals surface area contributed by atoms with Crippen LogP contribution >= 0.6 is 0 Å². The van der Waals surface area contributed by atoms with E-state index >= 15 is 0 Å². The Bertz CT molecular complexity index is 631. The van der Waals surface area contributed by atoms with Crippen molar-refractivity contribution in [3.05, 3.63) is 47.4 Å². The van der Waals surface area contributed by atoms with Gasteiger partial charge in [-0.25, -0.2) is 0 Å². The van der Waals surface area contributed by atoms with Gasteiger partial charge in [-0.2, -0.15) is 0 Å². The van der Waals surface area contributed by atoms with E-state index in [4.69, 9.17) is 13.9 Å². The Morgan fingerprint density at radius 1 is 1.29 bits per heavy atom. The molecular formula is C17H21NO3. The Kier molecular flexibility index (Phi) is 3.64. The summed E-state index contributed by atoms with van der Waals surface area (Å²) in [6.07, 6.45) is 2.61. The molecule has 4 nitrogen and oxygen atoms in total. The molecule has 0 aliphatic carbocycles. The summed E-state index contributed by atoms with van der Waals surface area (Å²) in [4.78, 5) is 0. The van der Waals surface area contributed by atoms with Crippen LogP contribution in [0, 0.1) is 0 Å². The van der Waals surface area contributed by atoms with E-state index in [2.05, 4.69) is 25.2 Å². The van der Waals surface area contributed by atoms with Crippen molar-refractivity contribution >= 4 is 0 Å². The highest BCUT2D eigenvalue weighted by atomic mass is 16.5. The highest BCUT2D eigenvalue weighted by Gasteiger charge is 2.32. The summed E-state index contributed by atoms with van der Waals surface area (Å²) < 4.78 is 17.4. The Hall–Kier alpha value is -1.94. The van der Waals surface area contributed by atoms with Crippen LogP contribution in [0.15, 0.2) is 34.9 Å². The minimum Gasteiger partial charge on any atom is -0.485 e. The fourth-order valence-electron chi connectivity index (χ4n) is 2.67. The largest absolute Gasteiger partial charge is 0.485 e. The zero-order valence-electron chi connectivity index (χ0n) is 12.7. The lowest BCUT2D eigenvalue weighted by molar-refractivity contribution is 0.131. The molecule has 0 fully saturated rings. The first-order valence-electron chi connectivity index (χ1n) is 7.22. The molecule has 0 spiro atoms. The second-order valence-electron chi connectivity index (χ2n) is 5.97. The molecule has 3 rings (SSSR count). The van der Waals surface area contributed by atoms with Crippen molar-refractivity contribution in [3.63, 3.8) is 0 Å². The molecular weight excluding hydrogens is 266 g/mol. The molecule has 0 saturated carbocycles. The van der Waals surface area contributed by atoms with Crippen LogP contribution in [0.1, 0.15) is 30.7 Å². The van der Waals surface area contributed by atoms with Crippen LogP contribution in [0.4, 0.5) is 0 Å². The molecule has 1 aromatic heterocycles. The van der Waals surface area contributed by atoms with Gasteiger partial charge in [0, 0.05) is 17.5 Å². The fourth-order valence-corrected chi connectivity index (χ4v) is 2.67. The van der Waals surface area contributed by atoms with Gasteiger partial charge in [0.25, 0.3) is 0 Å². The van der Waals surface area contributed by atoms with Gasteiger partial charge >= 0.3 is 0 Å². The monoisotopic (exact) mass is 287 g/mol. The molecule has 0 bridgehead atoms. The van der Waals surface area contributed by atoms with Gasteiger partial charge in [-0.1, -0.05) is 12.1 Å². The minimum absolute atomic E-state index is 0.158. The van der Waals surface area contributed by atoms with E-state index in [1.54, 1.807) is 6.26 Å². The smallest absolute Gasteiger partial charge is 0.165 e. The van der Waals surface area contributed by atoms with Crippen molar-refractivity contribution < 1.29 is 13.9 Å². The van der Waals surface area contributed by atoms with Gasteiger partial charge in [0.1, 0.15) is 18.0 Å². The second kappa shape index (κ2) is 5.45. The van der Waals surface area contributed by atoms with Crippen molar-refractivity contribution in [3.8, 4) is 11.5 Å². The topological polar surface area (TPSA) is 43.6 Å². The van der Waals surface area contributed by atoms with E-state index in [0.29, 0.717) is 13.2 Å². The molecule has 0 saturated heterocycles. The van der Waals surface area contributed by atoms with Crippen molar-refractivity contribution in [1.82, 2.24) is 5.32 Å². The molecule has 21 heavy (non-hydrogen) atoms. The van der Waals surface area contributed by atoms with Gasteiger partial charge in [0.2, 0.25) is 0 Å². The maximum atomic E-state index is 6.01. The van der Waals surface area contributed by atoms with E-state index in [9.17, 15) is 0 Å². The quantitative estimate of drug-likeness (QED) is 0.916. The molecule has 2 heterocycles. The lowest BCUT2D eigenvalue weighted by atomic mass is 10.0. The molecule has 1 aliphatic heterocycles. The maximum absolute atomic E-state index is 6.01. The van der Waals surface area contributed by atoms with Gasteiger partial charge < -0.3 is 19.2 Å². The van der Waals surface area contributed by atoms with E-state index < -0.39 is 0 Å². The van der Waals surface area contributed by atoms with Crippen LogP contribution in [0.2, 0.25) is 0 Å². The predicted molar refractivity (Wildman–Crippen MR) is 80.7 cm³/mol. The average Bonchev–Trinajstić information content (AvgIpc) is 2.99. The van der Waals surface area contributed by atoms with Crippen LogP contribution in [-0.2, 0) is 19.6 Å². The van der Waals surface area contributed by atoms with Crippen LogP contribution in [0.3, 0.4) is 0 Å². The highest BCUT2D eigenvalue weighted by molar-refractivity contribution is 5.50. The van der Waals surface area contributed by atoms with Crippen LogP contribution in [0.5, 0.6) is 11.5 Å². The molecule has 112 valence electrons. The van der Waals surface area contributed by atoms with Gasteiger partial charge in [-0.3, -0.25) is 0 Å². The van der Waals surface area contributed by atoms with Crippen LogP contribution in [0.25, 0.3) is 0 Å². The Labute approximate surface area is 125 Å². The van der Waals surface area contributed by atoms with Gasteiger partial charge in [-0.15, -0.1) is 0 Å². The van der Waals surface area contributed by atoms with E-state index in [1.165, 1.54) is 5.56 Å². The molecule has 0 unspecified atom stereocenters. The molecule has 0 atom stereocenters. The predicted octanol–water partition coefficient (Wildman–Crippen LogP) is 3.29. The Morgan fingerprint density at radius 2 is 2.14 bits per heavy atom. The molecule has 0 amide bonds. The first kappa shape index (κ1) is 14.0. The first-order chi connectivity index (χ1) is 10.1. The van der Waals surface area contributed by atoms with E-state index in [-0.39, 0.29) is 5.60 Å². The second-order valence-corrected chi connectivity index (χ2v) is 5.97. The SMILES string of the molecule is CNCc1occc1COc1cccc2c1OC(C)(C)C2. The molecule has 1 N–H and O–H groups in total. The number of ether oxygens (including phenoxy) is 2. The normalized spacial score (nSPS) is 15.6. The number of para-hydroxylation sites is 1. The van der Waals surface area contributed by atoms with Crippen molar-refractivity contribution in [2.24, 2.45) is 0 Å². The number of nitrogens with one attached hydrogen (secondary N) is 1. The van der Waals surface area contributed by atoms with Crippen LogP contribution < -0.4 is 14.8 Å². The van der Waals surface area contributed by atoms with Gasteiger partial charge in [-0.05, 0) is 33.0 Å². The Morgan fingerprint density at radius 3 is 2.95 bits per heavy atom.